The van der Waals surface area contributed by atoms with Crippen LogP contribution < -0.4 is 4.74 Å². The first kappa shape index (κ1) is 31.9. The van der Waals surface area contributed by atoms with Crippen LogP contribution >= 0.6 is 11.6 Å². The number of pyridine rings is 1. The van der Waals surface area contributed by atoms with Crippen LogP contribution in [0.2, 0.25) is 0 Å². The molecule has 46 heavy (non-hydrogen) atoms. The van der Waals surface area contributed by atoms with Gasteiger partial charge in [-0.3, -0.25) is 0 Å². The van der Waals surface area contributed by atoms with E-state index in [4.69, 9.17) is 21.3 Å². The molecule has 0 radical (unpaired) electrons. The van der Waals surface area contributed by atoms with Gasteiger partial charge in [0.25, 0.3) is 0 Å². The van der Waals surface area contributed by atoms with Crippen molar-refractivity contribution in [3.05, 3.63) is 75.5 Å². The Morgan fingerprint density at radius 3 is 2.48 bits per heavy atom. The van der Waals surface area contributed by atoms with E-state index < -0.39 is 5.67 Å². The summed E-state index contributed by atoms with van der Waals surface area (Å²) in [5.41, 5.74) is 9.21. The summed E-state index contributed by atoms with van der Waals surface area (Å²) in [6, 6.07) is 4.24. The molecule has 3 unspecified atom stereocenters. The first-order valence-electron chi connectivity index (χ1n) is 17.9. The van der Waals surface area contributed by atoms with Crippen molar-refractivity contribution in [2.45, 2.75) is 116 Å². The van der Waals surface area contributed by atoms with E-state index in [9.17, 15) is 0 Å². The zero-order valence-corrected chi connectivity index (χ0v) is 29.0. The van der Waals surface area contributed by atoms with E-state index in [1.165, 1.54) is 48.8 Å². The molecule has 5 aliphatic rings. The smallest absolute Gasteiger partial charge is 0.238 e. The third-order valence-corrected chi connectivity index (χ3v) is 12.6. The maximum absolute atomic E-state index is 15.4. The summed E-state index contributed by atoms with van der Waals surface area (Å²) in [7, 11) is 1.69. The first-order valence-corrected chi connectivity index (χ1v) is 18.3. The predicted molar refractivity (Wildman–Crippen MR) is 186 cm³/mol. The van der Waals surface area contributed by atoms with E-state index in [0.29, 0.717) is 29.6 Å². The lowest BCUT2D eigenvalue weighted by Gasteiger charge is -2.38. The minimum absolute atomic E-state index is 0.264. The van der Waals surface area contributed by atoms with Crippen LogP contribution in [0.4, 0.5) is 4.39 Å². The Hall–Kier alpha value is -2.66. The summed E-state index contributed by atoms with van der Waals surface area (Å²) >= 11 is 7.08. The number of methoxy groups -OCH3 is 1. The Morgan fingerprint density at radius 1 is 1.02 bits per heavy atom. The summed E-state index contributed by atoms with van der Waals surface area (Å²) in [5.74, 6) is 2.86. The zero-order valence-electron chi connectivity index (χ0n) is 28.3. The van der Waals surface area contributed by atoms with Crippen molar-refractivity contribution in [3.63, 3.8) is 0 Å². The number of ether oxygens (including phenoxy) is 1. The summed E-state index contributed by atoms with van der Waals surface area (Å²) < 4.78 is 23.2. The van der Waals surface area contributed by atoms with Gasteiger partial charge in [0.2, 0.25) is 5.88 Å². The van der Waals surface area contributed by atoms with Crippen LogP contribution in [-0.2, 0) is 0 Å². The number of fused-ring (bicyclic) bond motifs is 1. The van der Waals surface area contributed by atoms with Crippen LogP contribution in [0, 0.1) is 36.5 Å². The molecule has 3 saturated carbocycles. The number of nitrogens with zero attached hydrogens (tertiary/aromatic N) is 3. The second-order valence-corrected chi connectivity index (χ2v) is 15.7. The van der Waals surface area contributed by atoms with Crippen molar-refractivity contribution in [3.8, 4) is 11.6 Å². The number of imidazole rings is 1. The van der Waals surface area contributed by atoms with Gasteiger partial charge in [-0.25, -0.2) is 14.4 Å². The van der Waals surface area contributed by atoms with Gasteiger partial charge >= 0.3 is 0 Å². The van der Waals surface area contributed by atoms with E-state index in [2.05, 4.69) is 36.2 Å². The predicted octanol–water partition coefficient (Wildman–Crippen LogP) is 11.0. The van der Waals surface area contributed by atoms with Crippen LogP contribution in [0.25, 0.3) is 11.3 Å². The lowest BCUT2D eigenvalue weighted by molar-refractivity contribution is 0.0418. The number of halogens is 2. The molecule has 4 nitrogen and oxygen atoms in total. The van der Waals surface area contributed by atoms with Gasteiger partial charge in [-0.15, -0.1) is 0 Å². The van der Waals surface area contributed by atoms with Crippen LogP contribution in [0.15, 0.2) is 64.1 Å². The molecule has 2 aromatic rings. The largest absolute Gasteiger partial charge is 0.479 e. The summed E-state index contributed by atoms with van der Waals surface area (Å²) in [5, 5.41) is 1.07. The molecular formula is C40H51ClFN3O. The van der Waals surface area contributed by atoms with Gasteiger partial charge in [0.15, 0.2) is 0 Å². The minimum atomic E-state index is -0.944. The molecule has 0 bridgehead atoms. The molecule has 5 aliphatic carbocycles. The van der Waals surface area contributed by atoms with Crippen molar-refractivity contribution in [1.82, 2.24) is 14.5 Å². The Balaban J connectivity index is 1.07. The minimum Gasteiger partial charge on any atom is -0.479 e. The number of alkyl halides is 1. The Morgan fingerprint density at radius 2 is 1.78 bits per heavy atom. The molecule has 0 amide bonds. The van der Waals surface area contributed by atoms with Crippen LogP contribution in [0.5, 0.6) is 5.88 Å². The Kier molecular flexibility index (Phi) is 9.08. The van der Waals surface area contributed by atoms with Crippen LogP contribution in [0.1, 0.15) is 115 Å². The van der Waals surface area contributed by atoms with Gasteiger partial charge in [-0.2, -0.15) is 0 Å². The summed E-state index contributed by atoms with van der Waals surface area (Å²) in [4.78, 5) is 9.39. The number of aryl methyl sites for hydroxylation is 1. The highest BCUT2D eigenvalue weighted by atomic mass is 35.5. The standard InChI is InChI=1S/C40H51ClFN3O/c1-25-20-29-6-5-7-34(33(29)16-15-32(25)37-18-19-38(39(44-37)46-4)45-23-26(2)43-24-45)35-22-28(10-17-36(35)41)21-27-8-11-30(12-9-27)40(3,42)31-13-14-31/h16,18-19,22-24,27,29-31,34H,5-15,17,20-21H2,1-4H3. The highest BCUT2D eigenvalue weighted by Crippen LogP contribution is 2.52. The zero-order chi connectivity index (χ0) is 32.0. The third-order valence-electron chi connectivity index (χ3n) is 12.1. The SMILES string of the molecule is COc1nc(C2=C(C)CC3CCCC(C4=C(Cl)CCC(CC5CCC(C(C)(F)C6CC6)CC5)=C4)C3=CC2)ccc1-n1cnc(C)c1. The monoisotopic (exact) mass is 643 g/mol. The summed E-state index contributed by atoms with van der Waals surface area (Å²) in [6.45, 7) is 6.18. The van der Waals surface area contributed by atoms with Crippen LogP contribution in [-0.4, -0.2) is 27.3 Å². The van der Waals surface area contributed by atoms with Crippen molar-refractivity contribution >= 4 is 17.2 Å². The van der Waals surface area contributed by atoms with E-state index in [-0.39, 0.29) is 5.92 Å². The molecule has 6 heteroatoms. The van der Waals surface area contributed by atoms with Gasteiger partial charge in [-0.1, -0.05) is 46.9 Å². The quantitative estimate of drug-likeness (QED) is 0.269. The fourth-order valence-electron chi connectivity index (χ4n) is 9.28. The number of rotatable bonds is 8. The maximum Gasteiger partial charge on any atom is 0.238 e. The first-order chi connectivity index (χ1) is 22.2. The van der Waals surface area contributed by atoms with Gasteiger partial charge in [0.05, 0.1) is 24.8 Å². The molecule has 2 aromatic heterocycles. The lowest BCUT2D eigenvalue weighted by atomic mass is 9.69. The average Bonchev–Trinajstić information content (AvgIpc) is 3.86. The van der Waals surface area contributed by atoms with Crippen molar-refractivity contribution in [1.29, 1.82) is 0 Å². The fourth-order valence-corrected chi connectivity index (χ4v) is 9.56. The highest BCUT2D eigenvalue weighted by Gasteiger charge is 2.48. The fraction of sp³-hybridized carbons (Fsp3) is 0.600. The Bertz CT molecular complexity index is 1580. The molecule has 0 N–H and O–H groups in total. The van der Waals surface area contributed by atoms with E-state index in [0.717, 1.165) is 79.9 Å². The molecular weight excluding hydrogens is 593 g/mol. The molecule has 0 saturated heterocycles. The second-order valence-electron chi connectivity index (χ2n) is 15.2. The van der Waals surface area contributed by atoms with Gasteiger partial charge in [0.1, 0.15) is 11.4 Å². The summed E-state index contributed by atoms with van der Waals surface area (Å²) in [6.07, 6.45) is 24.3. The second kappa shape index (κ2) is 13.1. The molecule has 3 atom stereocenters. The van der Waals surface area contributed by atoms with Gasteiger partial charge in [-0.05, 0) is 151 Å². The third kappa shape index (κ3) is 6.42. The van der Waals surface area contributed by atoms with Crippen molar-refractivity contribution in [2.24, 2.45) is 29.6 Å². The van der Waals surface area contributed by atoms with Gasteiger partial charge in [0, 0.05) is 17.1 Å². The highest BCUT2D eigenvalue weighted by molar-refractivity contribution is 6.30. The molecule has 7 rings (SSSR count). The number of allylic oxidation sites excluding steroid dienone is 8. The molecule has 246 valence electrons. The van der Waals surface area contributed by atoms with E-state index >= 15 is 4.39 Å². The molecule has 0 spiro atoms. The lowest BCUT2D eigenvalue weighted by Crippen LogP contribution is -2.35. The average molecular weight is 644 g/mol. The normalized spacial score (nSPS) is 28.7. The molecule has 3 fully saturated rings. The number of hydrogen-bond donors (Lipinski definition) is 0. The van der Waals surface area contributed by atoms with Crippen LogP contribution in [0.3, 0.4) is 0 Å². The molecule has 2 heterocycles. The van der Waals surface area contributed by atoms with E-state index in [1.807, 2.05) is 30.9 Å². The van der Waals surface area contributed by atoms with E-state index in [1.54, 1.807) is 18.3 Å². The maximum atomic E-state index is 15.4. The van der Waals surface area contributed by atoms with Gasteiger partial charge < -0.3 is 9.30 Å². The Labute approximate surface area is 280 Å². The number of aromatic nitrogens is 3. The molecule has 0 aromatic carbocycles. The van der Waals surface area contributed by atoms with Crippen molar-refractivity contribution < 1.29 is 9.13 Å². The topological polar surface area (TPSA) is 39.9 Å². The number of hydrogen-bond acceptors (Lipinski definition) is 3. The van der Waals surface area contributed by atoms with Crippen molar-refractivity contribution in [2.75, 3.05) is 7.11 Å². The molecule has 0 aliphatic heterocycles.